The molecule has 0 bridgehead atoms. The van der Waals surface area contributed by atoms with Crippen molar-refractivity contribution in [3.63, 3.8) is 0 Å². The number of fused-ring (bicyclic) bond motifs is 1. The molecule has 1 aromatic heterocycles. The average Bonchev–Trinajstić information content (AvgIpc) is 3.18. The molecule has 2 aromatic carbocycles. The maximum atomic E-state index is 13.5. The Kier molecular flexibility index (Phi) is 5.46. The summed E-state index contributed by atoms with van der Waals surface area (Å²) in [6.07, 6.45) is 0. The molecule has 1 unspecified atom stereocenters. The Morgan fingerprint density at radius 1 is 1.17 bits per heavy atom. The van der Waals surface area contributed by atoms with E-state index < -0.39 is 22.8 Å². The zero-order valence-electron chi connectivity index (χ0n) is 15.2. The first-order valence-electron chi connectivity index (χ1n) is 8.73. The topological polar surface area (TPSA) is 92.5 Å². The van der Waals surface area contributed by atoms with Gasteiger partial charge in [-0.1, -0.05) is 29.3 Å². The van der Waals surface area contributed by atoms with Gasteiger partial charge >= 0.3 is 0 Å². The Morgan fingerprint density at radius 2 is 1.90 bits per heavy atom. The van der Waals surface area contributed by atoms with Gasteiger partial charge in [0.25, 0.3) is 11.6 Å². The number of carbonyl (C=O) groups excluding carboxylic acids is 2. The largest absolute Gasteiger partial charge is 0.324 e. The predicted molar refractivity (Wildman–Crippen MR) is 115 cm³/mol. The highest BCUT2D eigenvalue weighted by Gasteiger charge is 2.37. The summed E-state index contributed by atoms with van der Waals surface area (Å²) in [5.41, 5.74) is 0.574. The molecule has 0 radical (unpaired) electrons. The molecule has 3 aromatic rings. The van der Waals surface area contributed by atoms with Crippen molar-refractivity contribution in [2.45, 2.75) is 6.04 Å². The van der Waals surface area contributed by atoms with Crippen molar-refractivity contribution >= 4 is 57.7 Å². The number of anilines is 1. The van der Waals surface area contributed by atoms with Crippen molar-refractivity contribution in [3.05, 3.63) is 90.1 Å². The predicted octanol–water partition coefficient (Wildman–Crippen LogP) is 5.15. The van der Waals surface area contributed by atoms with Crippen LogP contribution < -0.4 is 5.32 Å². The Hall–Kier alpha value is -2.94. The zero-order chi connectivity index (χ0) is 21.4. The lowest BCUT2D eigenvalue weighted by Crippen LogP contribution is -2.39. The van der Waals surface area contributed by atoms with Gasteiger partial charge < -0.3 is 10.2 Å². The molecular weight excluding hydrogens is 449 g/mol. The fraction of sp³-hybridized carbons (Fsp3) is 0.100. The number of thiophene rings is 1. The quantitative estimate of drug-likeness (QED) is 0.431. The number of nitrogens with zero attached hydrogens (tertiary/aromatic N) is 2. The average molecular weight is 462 g/mol. The van der Waals surface area contributed by atoms with Gasteiger partial charge in [-0.05, 0) is 41.8 Å². The number of benzene rings is 2. The molecule has 0 saturated carbocycles. The number of hydrogen-bond acceptors (Lipinski definition) is 5. The van der Waals surface area contributed by atoms with Crippen LogP contribution in [0.25, 0.3) is 0 Å². The van der Waals surface area contributed by atoms with Crippen LogP contribution in [-0.2, 0) is 4.79 Å². The summed E-state index contributed by atoms with van der Waals surface area (Å²) in [4.78, 5) is 39.1. The van der Waals surface area contributed by atoms with Gasteiger partial charge in [0, 0.05) is 32.2 Å². The molecule has 152 valence electrons. The van der Waals surface area contributed by atoms with Crippen LogP contribution in [0.1, 0.15) is 26.8 Å². The molecule has 1 aliphatic rings. The maximum Gasteiger partial charge on any atom is 0.282 e. The maximum absolute atomic E-state index is 13.5. The lowest BCUT2D eigenvalue weighted by Gasteiger charge is -2.29. The third kappa shape index (κ3) is 3.77. The van der Waals surface area contributed by atoms with Gasteiger partial charge in [-0.3, -0.25) is 19.7 Å². The van der Waals surface area contributed by atoms with E-state index >= 15 is 0 Å². The third-order valence-electron chi connectivity index (χ3n) is 4.67. The zero-order valence-corrected chi connectivity index (χ0v) is 17.5. The Bertz CT molecular complexity index is 1170. The van der Waals surface area contributed by atoms with E-state index in [9.17, 15) is 19.7 Å². The first kappa shape index (κ1) is 20.3. The van der Waals surface area contributed by atoms with Crippen molar-refractivity contribution in [1.82, 2.24) is 4.90 Å². The monoisotopic (exact) mass is 461 g/mol. The highest BCUT2D eigenvalue weighted by atomic mass is 35.5. The molecule has 10 heteroatoms. The van der Waals surface area contributed by atoms with Gasteiger partial charge in [0.2, 0.25) is 5.91 Å². The molecular formula is C20H13Cl2N3O4S. The van der Waals surface area contributed by atoms with Gasteiger partial charge in [-0.15, -0.1) is 11.3 Å². The molecule has 7 nitrogen and oxygen atoms in total. The summed E-state index contributed by atoms with van der Waals surface area (Å²) in [5.74, 6) is -1.10. The molecule has 1 N–H and O–H groups in total. The minimum Gasteiger partial charge on any atom is -0.324 e. The normalized spacial score (nSPS) is 15.9. The van der Waals surface area contributed by atoms with E-state index in [4.69, 9.17) is 23.2 Å². The Balaban J connectivity index is 1.91. The van der Waals surface area contributed by atoms with E-state index in [1.54, 1.807) is 18.2 Å². The van der Waals surface area contributed by atoms with Crippen LogP contribution in [0, 0.1) is 10.1 Å². The van der Waals surface area contributed by atoms with Crippen molar-refractivity contribution in [2.24, 2.45) is 0 Å². The van der Waals surface area contributed by atoms with Crippen molar-refractivity contribution in [1.29, 1.82) is 0 Å². The van der Waals surface area contributed by atoms with Crippen LogP contribution in [0.3, 0.4) is 0 Å². The number of nitro benzene ring substituents is 1. The molecule has 2 heterocycles. The number of halogens is 2. The number of nitro groups is 1. The second kappa shape index (κ2) is 8.06. The highest BCUT2D eigenvalue weighted by molar-refractivity contribution is 7.10. The minimum atomic E-state index is -0.675. The van der Waals surface area contributed by atoms with Gasteiger partial charge in [0.05, 0.1) is 11.0 Å². The van der Waals surface area contributed by atoms with Crippen LogP contribution >= 0.6 is 34.5 Å². The summed E-state index contributed by atoms with van der Waals surface area (Å²) in [7, 11) is 0. The summed E-state index contributed by atoms with van der Waals surface area (Å²) >= 11 is 13.6. The number of amides is 2. The van der Waals surface area contributed by atoms with Crippen molar-refractivity contribution < 1.29 is 14.5 Å². The molecule has 0 aliphatic carbocycles. The van der Waals surface area contributed by atoms with Gasteiger partial charge in [-0.2, -0.15) is 0 Å². The van der Waals surface area contributed by atoms with E-state index in [1.807, 2.05) is 17.5 Å². The fourth-order valence-electron chi connectivity index (χ4n) is 3.41. The molecule has 0 spiro atoms. The van der Waals surface area contributed by atoms with E-state index in [1.165, 1.54) is 34.4 Å². The SMILES string of the molecule is O=C1CN(C(=O)c2cc(Cl)ccc2[N+](=O)[O-])C(c2cccs2)c2cc(Cl)ccc2N1. The first-order valence-corrected chi connectivity index (χ1v) is 10.4. The van der Waals surface area contributed by atoms with Crippen LogP contribution in [0.5, 0.6) is 0 Å². The number of carbonyl (C=O) groups is 2. The third-order valence-corrected chi connectivity index (χ3v) is 6.06. The molecule has 4 rings (SSSR count). The summed E-state index contributed by atoms with van der Waals surface area (Å²) in [6.45, 7) is -0.294. The fourth-order valence-corrected chi connectivity index (χ4v) is 4.62. The minimum absolute atomic E-state index is 0.180. The van der Waals surface area contributed by atoms with Gasteiger partial charge in [0.15, 0.2) is 0 Å². The molecule has 1 aliphatic heterocycles. The second-order valence-electron chi connectivity index (χ2n) is 6.55. The standard InChI is InChI=1S/C20H13Cl2N3O4S/c21-11-3-5-15-13(8-11)19(17-2-1-7-30-17)24(10-18(26)23-15)20(27)14-9-12(22)4-6-16(14)25(28)29/h1-9,19H,10H2,(H,23,26). The van der Waals surface area contributed by atoms with E-state index in [0.717, 1.165) is 4.88 Å². The number of nitrogens with one attached hydrogen (secondary N) is 1. The highest BCUT2D eigenvalue weighted by Crippen LogP contribution is 2.40. The summed E-state index contributed by atoms with van der Waals surface area (Å²) in [5, 5.41) is 16.8. The lowest BCUT2D eigenvalue weighted by molar-refractivity contribution is -0.385. The Morgan fingerprint density at radius 3 is 2.60 bits per heavy atom. The number of hydrogen-bond donors (Lipinski definition) is 1. The molecule has 2 amide bonds. The van der Waals surface area contributed by atoms with Crippen LogP contribution in [0.4, 0.5) is 11.4 Å². The molecule has 30 heavy (non-hydrogen) atoms. The smallest absolute Gasteiger partial charge is 0.282 e. The van der Waals surface area contributed by atoms with Crippen LogP contribution in [0.2, 0.25) is 10.0 Å². The van der Waals surface area contributed by atoms with E-state index in [2.05, 4.69) is 5.32 Å². The molecule has 0 saturated heterocycles. The number of rotatable bonds is 3. The van der Waals surface area contributed by atoms with Crippen LogP contribution in [0.15, 0.2) is 53.9 Å². The van der Waals surface area contributed by atoms with Gasteiger partial charge in [0.1, 0.15) is 12.1 Å². The lowest BCUT2D eigenvalue weighted by atomic mass is 10.0. The van der Waals surface area contributed by atoms with Gasteiger partial charge in [-0.25, -0.2) is 0 Å². The van der Waals surface area contributed by atoms with E-state index in [0.29, 0.717) is 16.3 Å². The molecule has 0 fully saturated rings. The summed E-state index contributed by atoms with van der Waals surface area (Å²) < 4.78 is 0. The molecule has 1 atom stereocenters. The van der Waals surface area contributed by atoms with Crippen molar-refractivity contribution in [2.75, 3.05) is 11.9 Å². The Labute approximate surface area is 185 Å². The summed E-state index contributed by atoms with van der Waals surface area (Å²) in [6, 6.07) is 11.8. The van der Waals surface area contributed by atoms with Crippen molar-refractivity contribution in [3.8, 4) is 0 Å². The second-order valence-corrected chi connectivity index (χ2v) is 8.40. The van der Waals surface area contributed by atoms with E-state index in [-0.39, 0.29) is 22.8 Å². The van der Waals surface area contributed by atoms with Crippen LogP contribution in [-0.4, -0.2) is 28.2 Å². The first-order chi connectivity index (χ1) is 14.3.